The van der Waals surface area contributed by atoms with Gasteiger partial charge in [-0.1, -0.05) is 0 Å². The molecule has 92 valence electrons. The smallest absolute Gasteiger partial charge is 0.248 e. The van der Waals surface area contributed by atoms with Gasteiger partial charge in [-0.2, -0.15) is 5.10 Å². The van der Waals surface area contributed by atoms with Crippen molar-refractivity contribution < 1.29 is 9.53 Å². The number of hydrogen-bond donors (Lipinski definition) is 1. The molecule has 2 unspecified atom stereocenters. The highest BCUT2D eigenvalue weighted by Gasteiger charge is 2.32. The van der Waals surface area contributed by atoms with Crippen molar-refractivity contribution in [2.75, 3.05) is 25.1 Å². The van der Waals surface area contributed by atoms with Crippen molar-refractivity contribution in [2.24, 2.45) is 0 Å². The quantitative estimate of drug-likeness (QED) is 0.771. The fourth-order valence-corrected chi connectivity index (χ4v) is 1.93. The largest absolute Gasteiger partial charge is 0.374 e. The van der Waals surface area contributed by atoms with Crippen molar-refractivity contribution in [2.45, 2.75) is 19.1 Å². The minimum atomic E-state index is -0.348. The molecule has 0 bridgehead atoms. The summed E-state index contributed by atoms with van der Waals surface area (Å²) in [5.74, 6) is 0.536. The van der Waals surface area contributed by atoms with Gasteiger partial charge < -0.3 is 10.1 Å². The van der Waals surface area contributed by atoms with E-state index in [1.54, 1.807) is 30.3 Å². The van der Waals surface area contributed by atoms with Gasteiger partial charge >= 0.3 is 0 Å². The Morgan fingerprint density at radius 2 is 2.41 bits per heavy atom. The third-order valence-electron chi connectivity index (χ3n) is 2.84. The normalized spacial score (nSPS) is 25.8. The van der Waals surface area contributed by atoms with Gasteiger partial charge in [0.1, 0.15) is 6.04 Å². The van der Waals surface area contributed by atoms with Crippen LogP contribution >= 0.6 is 0 Å². The SMILES string of the molecule is CNC1C(=O)N(c2cccnn2)CCOC1C. The summed E-state index contributed by atoms with van der Waals surface area (Å²) in [5, 5.41) is 10.7. The van der Waals surface area contributed by atoms with E-state index in [0.717, 1.165) is 0 Å². The lowest BCUT2D eigenvalue weighted by atomic mass is 10.1. The van der Waals surface area contributed by atoms with Gasteiger partial charge in [0.25, 0.3) is 0 Å². The minimum Gasteiger partial charge on any atom is -0.374 e. The van der Waals surface area contributed by atoms with E-state index in [0.29, 0.717) is 19.0 Å². The lowest BCUT2D eigenvalue weighted by Crippen LogP contribution is -2.49. The first-order valence-corrected chi connectivity index (χ1v) is 5.62. The van der Waals surface area contributed by atoms with Crippen molar-refractivity contribution in [1.29, 1.82) is 0 Å². The van der Waals surface area contributed by atoms with Crippen LogP contribution in [-0.4, -0.2) is 48.4 Å². The van der Waals surface area contributed by atoms with Crippen molar-refractivity contribution in [3.8, 4) is 0 Å². The second kappa shape index (κ2) is 5.20. The molecule has 6 nitrogen and oxygen atoms in total. The van der Waals surface area contributed by atoms with E-state index in [1.807, 2.05) is 6.92 Å². The predicted molar refractivity (Wildman–Crippen MR) is 62.6 cm³/mol. The molecule has 0 radical (unpaired) electrons. The zero-order valence-corrected chi connectivity index (χ0v) is 9.96. The van der Waals surface area contributed by atoms with Crippen molar-refractivity contribution in [1.82, 2.24) is 15.5 Å². The van der Waals surface area contributed by atoms with Crippen molar-refractivity contribution in [3.05, 3.63) is 18.3 Å². The lowest BCUT2D eigenvalue weighted by molar-refractivity contribution is -0.122. The highest BCUT2D eigenvalue weighted by Crippen LogP contribution is 2.15. The first-order valence-electron chi connectivity index (χ1n) is 5.62. The molecule has 2 rings (SSSR count). The third-order valence-corrected chi connectivity index (χ3v) is 2.84. The molecule has 1 aliphatic heterocycles. The van der Waals surface area contributed by atoms with Crippen LogP contribution in [0, 0.1) is 0 Å². The summed E-state index contributed by atoms with van der Waals surface area (Å²) in [7, 11) is 1.75. The molecule has 1 aliphatic rings. The zero-order valence-electron chi connectivity index (χ0n) is 9.96. The van der Waals surface area contributed by atoms with Gasteiger partial charge in [0.15, 0.2) is 5.82 Å². The van der Waals surface area contributed by atoms with E-state index in [2.05, 4.69) is 15.5 Å². The predicted octanol–water partition coefficient (Wildman–Crippen LogP) is -0.184. The van der Waals surface area contributed by atoms with Gasteiger partial charge in [-0.15, -0.1) is 5.10 Å². The second-order valence-electron chi connectivity index (χ2n) is 3.91. The van der Waals surface area contributed by atoms with E-state index in [9.17, 15) is 4.79 Å². The van der Waals surface area contributed by atoms with Crippen LogP contribution < -0.4 is 10.2 Å². The molecular weight excluding hydrogens is 220 g/mol. The summed E-state index contributed by atoms with van der Waals surface area (Å²) in [6, 6.07) is 3.19. The number of carbonyl (C=O) groups excluding carboxylic acids is 1. The fourth-order valence-electron chi connectivity index (χ4n) is 1.93. The second-order valence-corrected chi connectivity index (χ2v) is 3.91. The summed E-state index contributed by atoms with van der Waals surface area (Å²) in [6.45, 7) is 2.89. The fraction of sp³-hybridized carbons (Fsp3) is 0.545. The molecule has 0 aromatic carbocycles. The van der Waals surface area contributed by atoms with Gasteiger partial charge in [0, 0.05) is 6.20 Å². The molecule has 0 spiro atoms. The average molecular weight is 236 g/mol. The number of anilines is 1. The Hall–Kier alpha value is -1.53. The lowest BCUT2D eigenvalue weighted by Gasteiger charge is -2.23. The monoisotopic (exact) mass is 236 g/mol. The molecular formula is C11H16N4O2. The van der Waals surface area contributed by atoms with Gasteiger partial charge in [0.05, 0.1) is 19.3 Å². The number of carbonyl (C=O) groups is 1. The maximum Gasteiger partial charge on any atom is 0.248 e. The molecule has 1 amide bonds. The number of nitrogens with zero attached hydrogens (tertiary/aromatic N) is 3. The molecule has 2 atom stereocenters. The Balaban J connectivity index is 2.25. The Morgan fingerprint density at radius 3 is 3.06 bits per heavy atom. The van der Waals surface area contributed by atoms with E-state index in [4.69, 9.17) is 4.74 Å². The number of likely N-dealkylation sites (N-methyl/N-ethyl adjacent to an activating group) is 1. The summed E-state index contributed by atoms with van der Waals surface area (Å²) in [5.41, 5.74) is 0. The van der Waals surface area contributed by atoms with Crippen LogP contribution in [0.4, 0.5) is 5.82 Å². The highest BCUT2D eigenvalue weighted by molar-refractivity contribution is 5.96. The molecule has 0 aliphatic carbocycles. The highest BCUT2D eigenvalue weighted by atomic mass is 16.5. The third kappa shape index (κ3) is 2.42. The molecule has 0 saturated carbocycles. The first-order chi connectivity index (χ1) is 8.24. The Morgan fingerprint density at radius 1 is 1.59 bits per heavy atom. The van der Waals surface area contributed by atoms with E-state index in [-0.39, 0.29) is 18.1 Å². The van der Waals surface area contributed by atoms with Crippen molar-refractivity contribution in [3.63, 3.8) is 0 Å². The van der Waals surface area contributed by atoms with Crippen LogP contribution in [0.15, 0.2) is 18.3 Å². The van der Waals surface area contributed by atoms with Gasteiger partial charge in [-0.05, 0) is 26.1 Å². The molecule has 1 fully saturated rings. The van der Waals surface area contributed by atoms with Gasteiger partial charge in [-0.3, -0.25) is 9.69 Å². The summed E-state index contributed by atoms with van der Waals surface area (Å²) in [4.78, 5) is 13.9. The standard InChI is InChI=1S/C11H16N4O2/c1-8-10(12-2)11(16)15(6-7-17-8)9-4-3-5-13-14-9/h3-5,8,10,12H,6-7H2,1-2H3. The van der Waals surface area contributed by atoms with E-state index < -0.39 is 0 Å². The topological polar surface area (TPSA) is 67.4 Å². The summed E-state index contributed by atoms with van der Waals surface area (Å²) in [6.07, 6.45) is 1.44. The number of hydrogen-bond acceptors (Lipinski definition) is 5. The Bertz CT molecular complexity index is 384. The minimum absolute atomic E-state index is 0.0296. The molecule has 17 heavy (non-hydrogen) atoms. The van der Waals surface area contributed by atoms with Gasteiger partial charge in [0.2, 0.25) is 5.91 Å². The number of nitrogens with one attached hydrogen (secondary N) is 1. The molecule has 2 heterocycles. The molecule has 1 N–H and O–H groups in total. The van der Waals surface area contributed by atoms with E-state index in [1.165, 1.54) is 0 Å². The number of aromatic nitrogens is 2. The van der Waals surface area contributed by atoms with Crippen LogP contribution in [0.5, 0.6) is 0 Å². The molecule has 1 aromatic heterocycles. The summed E-state index contributed by atoms with van der Waals surface area (Å²) >= 11 is 0. The Labute approximate surface area is 100.0 Å². The van der Waals surface area contributed by atoms with Crippen molar-refractivity contribution >= 4 is 11.7 Å². The van der Waals surface area contributed by atoms with Crippen LogP contribution in [0.2, 0.25) is 0 Å². The maximum absolute atomic E-state index is 12.3. The number of amides is 1. The van der Waals surface area contributed by atoms with Crippen LogP contribution in [0.25, 0.3) is 0 Å². The van der Waals surface area contributed by atoms with Gasteiger partial charge in [-0.25, -0.2) is 0 Å². The Kier molecular flexibility index (Phi) is 3.65. The van der Waals surface area contributed by atoms with E-state index >= 15 is 0 Å². The zero-order chi connectivity index (χ0) is 12.3. The van der Waals surface area contributed by atoms with Crippen LogP contribution in [-0.2, 0) is 9.53 Å². The number of ether oxygens (including phenoxy) is 1. The van der Waals surface area contributed by atoms with Crippen LogP contribution in [0.1, 0.15) is 6.92 Å². The first kappa shape index (κ1) is 11.9. The molecule has 6 heteroatoms. The van der Waals surface area contributed by atoms with Crippen LogP contribution in [0.3, 0.4) is 0 Å². The molecule has 1 saturated heterocycles. The average Bonchev–Trinajstić information content (AvgIpc) is 2.49. The maximum atomic E-state index is 12.3. The summed E-state index contributed by atoms with van der Waals surface area (Å²) < 4.78 is 5.56. The number of rotatable bonds is 2. The molecule has 1 aromatic rings.